The molecule has 2 aromatic heterocycles. The topological polar surface area (TPSA) is 17.0 Å². The lowest BCUT2D eigenvalue weighted by Crippen LogP contribution is -2.22. The summed E-state index contributed by atoms with van der Waals surface area (Å²) < 4.78 is 2.16. The van der Waals surface area contributed by atoms with Crippen molar-refractivity contribution in [3.8, 4) is 0 Å². The Bertz CT molecular complexity index is 641. The average molecular weight is 282 g/mol. The van der Waals surface area contributed by atoms with Crippen LogP contribution in [0, 0.1) is 0 Å². The number of nitrogens with zero attached hydrogens (tertiary/aromatic N) is 1. The van der Waals surface area contributed by atoms with Crippen molar-refractivity contribution < 1.29 is 0 Å². The van der Waals surface area contributed by atoms with Gasteiger partial charge in [0, 0.05) is 30.4 Å². The molecule has 0 aliphatic carbocycles. The quantitative estimate of drug-likeness (QED) is 0.749. The average Bonchev–Trinajstić information content (AvgIpc) is 3.13. The molecular formula is C17H18N2S. The number of rotatable bonds is 5. The van der Waals surface area contributed by atoms with Crippen molar-refractivity contribution in [3.63, 3.8) is 0 Å². The van der Waals surface area contributed by atoms with Gasteiger partial charge in [-0.3, -0.25) is 5.32 Å². The number of hydrogen-bond donors (Lipinski definition) is 1. The van der Waals surface area contributed by atoms with Crippen molar-refractivity contribution >= 4 is 11.3 Å². The third-order valence-corrected chi connectivity index (χ3v) is 4.44. The number of aryl methyl sites for hydroxylation is 1. The molecule has 3 heteroatoms. The number of hydrogen-bond acceptors (Lipinski definition) is 2. The van der Waals surface area contributed by atoms with E-state index in [9.17, 15) is 0 Å². The van der Waals surface area contributed by atoms with Crippen LogP contribution in [0.2, 0.25) is 0 Å². The summed E-state index contributed by atoms with van der Waals surface area (Å²) >= 11 is 1.80. The Morgan fingerprint density at radius 3 is 2.55 bits per heavy atom. The van der Waals surface area contributed by atoms with E-state index < -0.39 is 0 Å². The first-order chi connectivity index (χ1) is 9.84. The maximum Gasteiger partial charge on any atom is 0.0674 e. The van der Waals surface area contributed by atoms with Crippen LogP contribution >= 0.6 is 11.3 Å². The second-order valence-corrected chi connectivity index (χ2v) is 5.83. The smallest absolute Gasteiger partial charge is 0.0674 e. The molecule has 0 fully saturated rings. The van der Waals surface area contributed by atoms with E-state index in [1.54, 1.807) is 11.3 Å². The van der Waals surface area contributed by atoms with Crippen LogP contribution in [0.3, 0.4) is 0 Å². The molecule has 2 nitrogen and oxygen atoms in total. The molecule has 0 saturated carbocycles. The van der Waals surface area contributed by atoms with Crippen LogP contribution in [0.25, 0.3) is 0 Å². The molecule has 0 bridgehead atoms. The molecule has 0 spiro atoms. The molecule has 1 aromatic carbocycles. The monoisotopic (exact) mass is 282 g/mol. The lowest BCUT2D eigenvalue weighted by Gasteiger charge is -2.18. The maximum atomic E-state index is 3.67. The minimum Gasteiger partial charge on any atom is -0.353 e. The van der Waals surface area contributed by atoms with Gasteiger partial charge in [0.05, 0.1) is 6.04 Å². The van der Waals surface area contributed by atoms with Gasteiger partial charge in [0.2, 0.25) is 0 Å². The zero-order chi connectivity index (χ0) is 13.8. The molecule has 0 aliphatic rings. The minimum atomic E-state index is 0.256. The molecule has 102 valence electrons. The summed E-state index contributed by atoms with van der Waals surface area (Å²) in [7, 11) is 2.08. The van der Waals surface area contributed by atoms with Crippen LogP contribution < -0.4 is 5.32 Å². The minimum absolute atomic E-state index is 0.256. The molecule has 1 unspecified atom stereocenters. The van der Waals surface area contributed by atoms with Gasteiger partial charge in [0.25, 0.3) is 0 Å². The van der Waals surface area contributed by atoms with E-state index in [4.69, 9.17) is 0 Å². The van der Waals surface area contributed by atoms with Crippen LogP contribution in [0.15, 0.2) is 66.2 Å². The Balaban J connectivity index is 1.82. The van der Waals surface area contributed by atoms with Gasteiger partial charge in [-0.1, -0.05) is 36.4 Å². The second-order valence-electron chi connectivity index (χ2n) is 4.85. The molecule has 3 aromatic rings. The highest BCUT2D eigenvalue weighted by atomic mass is 32.1. The first kappa shape index (κ1) is 13.2. The first-order valence-corrected chi connectivity index (χ1v) is 7.64. The molecule has 1 N–H and O–H groups in total. The molecule has 0 aliphatic heterocycles. The fraction of sp³-hybridized carbons (Fsp3) is 0.176. The van der Waals surface area contributed by atoms with E-state index >= 15 is 0 Å². The van der Waals surface area contributed by atoms with Crippen LogP contribution in [0.4, 0.5) is 0 Å². The van der Waals surface area contributed by atoms with Gasteiger partial charge >= 0.3 is 0 Å². The van der Waals surface area contributed by atoms with E-state index in [1.165, 1.54) is 16.1 Å². The van der Waals surface area contributed by atoms with Crippen LogP contribution in [-0.4, -0.2) is 4.57 Å². The zero-order valence-corrected chi connectivity index (χ0v) is 12.3. The van der Waals surface area contributed by atoms with Crippen molar-refractivity contribution in [1.29, 1.82) is 0 Å². The lowest BCUT2D eigenvalue weighted by atomic mass is 10.1. The van der Waals surface area contributed by atoms with E-state index in [2.05, 4.69) is 83.1 Å². The summed E-state index contributed by atoms with van der Waals surface area (Å²) in [6.07, 6.45) is 2.08. The summed E-state index contributed by atoms with van der Waals surface area (Å²) in [5.41, 5.74) is 2.60. The SMILES string of the molecule is Cn1cccc1CNC(c1ccccc1)c1cccs1. The summed E-state index contributed by atoms with van der Waals surface area (Å²) in [5.74, 6) is 0. The van der Waals surface area contributed by atoms with E-state index in [1.807, 2.05) is 0 Å². The molecular weight excluding hydrogens is 264 g/mol. The zero-order valence-electron chi connectivity index (χ0n) is 11.5. The normalized spacial score (nSPS) is 12.4. The van der Waals surface area contributed by atoms with Crippen molar-refractivity contribution in [2.45, 2.75) is 12.6 Å². The number of nitrogens with one attached hydrogen (secondary N) is 1. The Morgan fingerprint density at radius 2 is 1.90 bits per heavy atom. The van der Waals surface area contributed by atoms with E-state index in [0.717, 1.165) is 6.54 Å². The van der Waals surface area contributed by atoms with Crippen LogP contribution in [-0.2, 0) is 13.6 Å². The molecule has 1 atom stereocenters. The second kappa shape index (κ2) is 6.07. The van der Waals surface area contributed by atoms with Crippen molar-refractivity contribution in [2.75, 3.05) is 0 Å². The molecule has 20 heavy (non-hydrogen) atoms. The van der Waals surface area contributed by atoms with E-state index in [-0.39, 0.29) is 6.04 Å². The van der Waals surface area contributed by atoms with Gasteiger partial charge in [-0.2, -0.15) is 0 Å². The lowest BCUT2D eigenvalue weighted by molar-refractivity contribution is 0.591. The predicted molar refractivity (Wildman–Crippen MR) is 84.9 cm³/mol. The Hall–Kier alpha value is -1.84. The van der Waals surface area contributed by atoms with Gasteiger partial charge in [-0.25, -0.2) is 0 Å². The predicted octanol–water partition coefficient (Wildman–Crippen LogP) is 3.97. The van der Waals surface area contributed by atoms with Gasteiger partial charge in [-0.15, -0.1) is 11.3 Å². The van der Waals surface area contributed by atoms with Gasteiger partial charge in [0.15, 0.2) is 0 Å². The summed E-state index contributed by atoms with van der Waals surface area (Å²) in [5, 5.41) is 5.81. The van der Waals surface area contributed by atoms with Crippen LogP contribution in [0.5, 0.6) is 0 Å². The fourth-order valence-electron chi connectivity index (χ4n) is 2.37. The highest BCUT2D eigenvalue weighted by Gasteiger charge is 2.14. The third kappa shape index (κ3) is 2.84. The summed E-state index contributed by atoms with van der Waals surface area (Å²) in [6, 6.07) is 19.4. The number of aromatic nitrogens is 1. The largest absolute Gasteiger partial charge is 0.353 e. The van der Waals surface area contributed by atoms with Gasteiger partial charge in [0.1, 0.15) is 0 Å². The van der Waals surface area contributed by atoms with Gasteiger partial charge in [-0.05, 0) is 29.1 Å². The van der Waals surface area contributed by atoms with Gasteiger partial charge < -0.3 is 4.57 Å². The van der Waals surface area contributed by atoms with Crippen molar-refractivity contribution in [2.24, 2.45) is 7.05 Å². The van der Waals surface area contributed by atoms with Crippen LogP contribution in [0.1, 0.15) is 22.2 Å². The molecule has 0 saturated heterocycles. The molecule has 0 radical (unpaired) electrons. The number of benzene rings is 1. The standard InChI is InChI=1S/C17H18N2S/c1-19-11-5-9-15(19)13-18-17(16-10-6-12-20-16)14-7-3-2-4-8-14/h2-12,17-18H,13H2,1H3. The first-order valence-electron chi connectivity index (χ1n) is 6.76. The van der Waals surface area contributed by atoms with Crippen molar-refractivity contribution in [1.82, 2.24) is 9.88 Å². The fourth-order valence-corrected chi connectivity index (χ4v) is 3.20. The van der Waals surface area contributed by atoms with E-state index in [0.29, 0.717) is 0 Å². The highest BCUT2D eigenvalue weighted by Crippen LogP contribution is 2.26. The molecule has 3 rings (SSSR count). The third-order valence-electron chi connectivity index (χ3n) is 3.50. The number of thiophene rings is 1. The van der Waals surface area contributed by atoms with Crippen molar-refractivity contribution in [3.05, 3.63) is 82.3 Å². The maximum absolute atomic E-state index is 3.67. The summed E-state index contributed by atoms with van der Waals surface area (Å²) in [4.78, 5) is 1.35. The Kier molecular flexibility index (Phi) is 4.00. The summed E-state index contributed by atoms with van der Waals surface area (Å²) in [6.45, 7) is 0.862. The molecule has 0 amide bonds. The molecule has 2 heterocycles. The highest BCUT2D eigenvalue weighted by molar-refractivity contribution is 7.10. The Labute approximate surface area is 123 Å². The Morgan fingerprint density at radius 1 is 1.05 bits per heavy atom.